The molecule has 4 nitrogen and oxygen atoms in total. The maximum atomic E-state index is 14.2. The number of hydrogen-bond donors (Lipinski definition) is 2. The van der Waals surface area contributed by atoms with Crippen LogP contribution in [0.25, 0.3) is 0 Å². The van der Waals surface area contributed by atoms with Crippen molar-refractivity contribution in [2.24, 2.45) is 11.5 Å². The smallest absolute Gasteiger partial charge is 0.217 e. The van der Waals surface area contributed by atoms with Crippen molar-refractivity contribution in [3.63, 3.8) is 0 Å². The molecule has 1 atom stereocenters. The lowest BCUT2D eigenvalue weighted by Crippen LogP contribution is -2.27. The Bertz CT molecular complexity index is 438. The lowest BCUT2D eigenvalue weighted by Gasteiger charge is -2.14. The van der Waals surface area contributed by atoms with Crippen molar-refractivity contribution < 1.29 is 13.9 Å². The highest BCUT2D eigenvalue weighted by Crippen LogP contribution is 2.22. The van der Waals surface area contributed by atoms with E-state index in [2.05, 4.69) is 0 Å². The van der Waals surface area contributed by atoms with Crippen LogP contribution in [0.1, 0.15) is 38.2 Å². The van der Waals surface area contributed by atoms with Gasteiger partial charge in [-0.15, -0.1) is 0 Å². The zero-order valence-corrected chi connectivity index (χ0v) is 11.9. The van der Waals surface area contributed by atoms with E-state index >= 15 is 0 Å². The summed E-state index contributed by atoms with van der Waals surface area (Å²) < 4.78 is 19.6. The Balaban J connectivity index is 2.57. The second-order valence-corrected chi connectivity index (χ2v) is 4.91. The summed E-state index contributed by atoms with van der Waals surface area (Å²) in [4.78, 5) is 10.7. The summed E-state index contributed by atoms with van der Waals surface area (Å²) >= 11 is 0. The van der Waals surface area contributed by atoms with Gasteiger partial charge in [0.25, 0.3) is 0 Å². The molecule has 0 aliphatic rings. The van der Waals surface area contributed by atoms with Crippen LogP contribution in [0.3, 0.4) is 0 Å². The van der Waals surface area contributed by atoms with Gasteiger partial charge in [0.05, 0.1) is 0 Å². The zero-order valence-electron chi connectivity index (χ0n) is 11.9. The Labute approximate surface area is 119 Å². The van der Waals surface area contributed by atoms with Gasteiger partial charge < -0.3 is 16.2 Å². The molecular weight excluding hydrogens is 259 g/mol. The summed E-state index contributed by atoms with van der Waals surface area (Å²) in [6, 6.07) is 4.93. The second kappa shape index (κ2) is 8.53. The highest BCUT2D eigenvalue weighted by atomic mass is 19.1. The number of aryl methyl sites for hydroxylation is 1. The molecule has 0 saturated heterocycles. The van der Waals surface area contributed by atoms with E-state index in [-0.39, 0.29) is 29.9 Å². The van der Waals surface area contributed by atoms with Gasteiger partial charge in [-0.05, 0) is 30.9 Å². The minimum atomic E-state index is -0.374. The summed E-state index contributed by atoms with van der Waals surface area (Å²) in [6.45, 7) is 2.34. The van der Waals surface area contributed by atoms with Crippen LogP contribution in [-0.2, 0) is 11.2 Å². The van der Waals surface area contributed by atoms with E-state index in [9.17, 15) is 9.18 Å². The fourth-order valence-corrected chi connectivity index (χ4v) is 1.96. The van der Waals surface area contributed by atoms with Gasteiger partial charge in [0.2, 0.25) is 5.91 Å². The van der Waals surface area contributed by atoms with E-state index in [4.69, 9.17) is 16.2 Å². The van der Waals surface area contributed by atoms with Gasteiger partial charge in [-0.1, -0.05) is 25.5 Å². The minimum absolute atomic E-state index is 0.0853. The maximum absolute atomic E-state index is 14.2. The molecule has 4 N–H and O–H groups in total. The molecule has 1 amide bonds. The molecule has 0 heterocycles. The van der Waals surface area contributed by atoms with E-state index < -0.39 is 0 Å². The first-order valence-electron chi connectivity index (χ1n) is 6.98. The number of hydrogen-bond acceptors (Lipinski definition) is 3. The van der Waals surface area contributed by atoms with Gasteiger partial charge in [-0.3, -0.25) is 4.79 Å². The average molecular weight is 282 g/mol. The van der Waals surface area contributed by atoms with Gasteiger partial charge in [0.15, 0.2) is 11.6 Å². The number of halogens is 1. The lowest BCUT2D eigenvalue weighted by atomic mass is 10.1. The Morgan fingerprint density at radius 2 is 2.20 bits per heavy atom. The van der Waals surface area contributed by atoms with Crippen molar-refractivity contribution in [3.05, 3.63) is 29.6 Å². The van der Waals surface area contributed by atoms with E-state index in [0.29, 0.717) is 25.0 Å². The lowest BCUT2D eigenvalue weighted by molar-refractivity contribution is -0.118. The minimum Gasteiger partial charge on any atom is -0.489 e. The van der Waals surface area contributed by atoms with Crippen LogP contribution in [0, 0.1) is 5.82 Å². The van der Waals surface area contributed by atoms with E-state index in [1.54, 1.807) is 18.2 Å². The third-order valence-electron chi connectivity index (χ3n) is 3.02. The second-order valence-electron chi connectivity index (χ2n) is 4.91. The number of carbonyl (C=O) groups is 1. The van der Waals surface area contributed by atoms with Crippen molar-refractivity contribution >= 4 is 5.91 Å². The van der Waals surface area contributed by atoms with Crippen LogP contribution in [0.4, 0.5) is 4.39 Å². The molecule has 20 heavy (non-hydrogen) atoms. The molecule has 0 radical (unpaired) electrons. The zero-order chi connectivity index (χ0) is 15.0. The third-order valence-corrected chi connectivity index (χ3v) is 3.02. The normalized spacial score (nSPS) is 12.2. The number of ether oxygens (including phenoxy) is 1. The number of benzene rings is 1. The van der Waals surface area contributed by atoms with Crippen LogP contribution >= 0.6 is 0 Å². The number of rotatable bonds is 9. The van der Waals surface area contributed by atoms with Gasteiger partial charge in [-0.2, -0.15) is 0 Å². The van der Waals surface area contributed by atoms with Crippen molar-refractivity contribution in [2.75, 3.05) is 6.61 Å². The van der Waals surface area contributed by atoms with Crippen molar-refractivity contribution in [2.45, 2.75) is 45.1 Å². The predicted molar refractivity (Wildman–Crippen MR) is 76.9 cm³/mol. The first-order valence-corrected chi connectivity index (χ1v) is 6.98. The number of primary amides is 1. The molecule has 1 unspecified atom stereocenters. The highest BCUT2D eigenvalue weighted by Gasteiger charge is 2.11. The molecule has 0 aliphatic carbocycles. The Kier molecular flexibility index (Phi) is 7.01. The Morgan fingerprint density at radius 1 is 1.45 bits per heavy atom. The van der Waals surface area contributed by atoms with Crippen LogP contribution in [0.5, 0.6) is 5.75 Å². The largest absolute Gasteiger partial charge is 0.489 e. The van der Waals surface area contributed by atoms with E-state index in [0.717, 1.165) is 12.8 Å². The first kappa shape index (κ1) is 16.4. The number of amides is 1. The topological polar surface area (TPSA) is 78.3 Å². The first-order chi connectivity index (χ1) is 9.54. The highest BCUT2D eigenvalue weighted by molar-refractivity contribution is 5.73. The number of carbonyl (C=O) groups excluding carboxylic acids is 1. The summed E-state index contributed by atoms with van der Waals surface area (Å²) in [5, 5.41) is 0. The molecule has 0 bridgehead atoms. The summed E-state index contributed by atoms with van der Waals surface area (Å²) in [5.41, 5.74) is 11.4. The van der Waals surface area contributed by atoms with Crippen molar-refractivity contribution in [3.8, 4) is 5.75 Å². The van der Waals surface area contributed by atoms with Gasteiger partial charge in [0.1, 0.15) is 6.61 Å². The summed E-state index contributed by atoms with van der Waals surface area (Å²) in [7, 11) is 0. The molecule has 5 heteroatoms. The fourth-order valence-electron chi connectivity index (χ4n) is 1.96. The summed E-state index contributed by atoms with van der Waals surface area (Å²) in [5.74, 6) is -0.530. The molecule has 0 fully saturated rings. The molecule has 1 rings (SSSR count). The number of nitrogens with two attached hydrogens (primary N) is 2. The standard InChI is InChI=1S/C15H23FN2O2/c1-2-5-12(17)10-20-13-8-3-6-11(15(13)16)7-4-9-14(18)19/h3,6,8,12H,2,4-5,7,9-10,17H2,1H3,(H2,18,19). The van der Waals surface area contributed by atoms with Gasteiger partial charge in [0, 0.05) is 12.5 Å². The third kappa shape index (κ3) is 5.57. The van der Waals surface area contributed by atoms with Gasteiger partial charge >= 0.3 is 0 Å². The van der Waals surface area contributed by atoms with Crippen LogP contribution in [-0.4, -0.2) is 18.6 Å². The monoisotopic (exact) mass is 282 g/mol. The molecular formula is C15H23FN2O2. The van der Waals surface area contributed by atoms with Gasteiger partial charge in [-0.25, -0.2) is 4.39 Å². The van der Waals surface area contributed by atoms with Crippen molar-refractivity contribution in [1.29, 1.82) is 0 Å². The van der Waals surface area contributed by atoms with Crippen molar-refractivity contribution in [1.82, 2.24) is 0 Å². The molecule has 0 spiro atoms. The van der Waals surface area contributed by atoms with E-state index in [1.807, 2.05) is 6.92 Å². The van der Waals surface area contributed by atoms with E-state index in [1.165, 1.54) is 0 Å². The SMILES string of the molecule is CCCC(N)COc1cccc(CCCC(N)=O)c1F. The predicted octanol–water partition coefficient (Wildman–Crippen LogP) is 2.14. The molecule has 0 aromatic heterocycles. The summed E-state index contributed by atoms with van der Waals surface area (Å²) in [6.07, 6.45) is 3.07. The Morgan fingerprint density at radius 3 is 2.85 bits per heavy atom. The molecule has 0 aliphatic heterocycles. The molecule has 0 saturated carbocycles. The molecule has 1 aromatic rings. The van der Waals surface area contributed by atoms with Crippen LogP contribution < -0.4 is 16.2 Å². The fraction of sp³-hybridized carbons (Fsp3) is 0.533. The Hall–Kier alpha value is -1.62. The maximum Gasteiger partial charge on any atom is 0.217 e. The van der Waals surface area contributed by atoms with Crippen LogP contribution in [0.15, 0.2) is 18.2 Å². The molecule has 112 valence electrons. The molecule has 1 aromatic carbocycles. The van der Waals surface area contributed by atoms with Crippen LogP contribution in [0.2, 0.25) is 0 Å². The quantitative estimate of drug-likeness (QED) is 0.728. The average Bonchev–Trinajstić information content (AvgIpc) is 2.39.